The Morgan fingerprint density at radius 2 is 1.67 bits per heavy atom. The second-order valence-electron chi connectivity index (χ2n) is 3.75. The number of hydrogen-bond donors (Lipinski definition) is 2. The van der Waals surface area contributed by atoms with Crippen LogP contribution in [-0.2, 0) is 0 Å². The molecule has 2 aromatic carbocycles. The predicted octanol–water partition coefficient (Wildman–Crippen LogP) is 2.51. The Balaban J connectivity index is 2.22. The van der Waals surface area contributed by atoms with Crippen molar-refractivity contribution in [2.24, 2.45) is 5.73 Å². The predicted molar refractivity (Wildman–Crippen MR) is 69.8 cm³/mol. The highest BCUT2D eigenvalue weighted by molar-refractivity contribution is 5.94. The van der Waals surface area contributed by atoms with Crippen molar-refractivity contribution >= 4 is 5.84 Å². The van der Waals surface area contributed by atoms with Gasteiger partial charge in [0.05, 0.1) is 0 Å². The summed E-state index contributed by atoms with van der Waals surface area (Å²) in [5, 5.41) is 7.27. The summed E-state index contributed by atoms with van der Waals surface area (Å²) >= 11 is 0. The van der Waals surface area contributed by atoms with Crippen LogP contribution in [0, 0.1) is 23.1 Å². The van der Waals surface area contributed by atoms with Crippen molar-refractivity contribution in [3.63, 3.8) is 0 Å². The molecule has 3 heteroatoms. The van der Waals surface area contributed by atoms with Gasteiger partial charge in [-0.05, 0) is 30.3 Å². The van der Waals surface area contributed by atoms with Crippen LogP contribution in [-0.4, -0.2) is 5.84 Å². The first-order valence-corrected chi connectivity index (χ1v) is 5.37. The average molecular weight is 238 g/mol. The maximum atomic E-state index is 12.9. The van der Waals surface area contributed by atoms with Crippen LogP contribution in [0.25, 0.3) is 0 Å². The Labute approximate surface area is 105 Å². The SMILES string of the molecule is N=C(N)c1ccc(C#Cc2cccc(F)c2)cc1. The molecule has 0 fully saturated rings. The molecule has 0 unspecified atom stereocenters. The monoisotopic (exact) mass is 238 g/mol. The third-order valence-corrected chi connectivity index (χ3v) is 2.37. The molecule has 0 saturated heterocycles. The lowest BCUT2D eigenvalue weighted by Gasteiger charge is -1.97. The molecule has 2 nitrogen and oxygen atoms in total. The fourth-order valence-corrected chi connectivity index (χ4v) is 1.44. The van der Waals surface area contributed by atoms with Crippen LogP contribution in [0.1, 0.15) is 16.7 Å². The quantitative estimate of drug-likeness (QED) is 0.447. The summed E-state index contributed by atoms with van der Waals surface area (Å²) in [5.41, 5.74) is 7.44. The number of halogens is 1. The van der Waals surface area contributed by atoms with E-state index >= 15 is 0 Å². The number of nitrogens with two attached hydrogens (primary N) is 1. The highest BCUT2D eigenvalue weighted by Gasteiger charge is 1.95. The third-order valence-electron chi connectivity index (χ3n) is 2.37. The van der Waals surface area contributed by atoms with Crippen LogP contribution in [0.5, 0.6) is 0 Å². The van der Waals surface area contributed by atoms with Gasteiger partial charge in [0.2, 0.25) is 0 Å². The molecule has 0 aliphatic heterocycles. The molecule has 0 saturated carbocycles. The summed E-state index contributed by atoms with van der Waals surface area (Å²) < 4.78 is 12.9. The Hall–Kier alpha value is -2.60. The van der Waals surface area contributed by atoms with Gasteiger partial charge in [-0.1, -0.05) is 30.0 Å². The zero-order valence-electron chi connectivity index (χ0n) is 9.57. The number of benzene rings is 2. The minimum Gasteiger partial charge on any atom is -0.384 e. The highest BCUT2D eigenvalue weighted by Crippen LogP contribution is 2.04. The highest BCUT2D eigenvalue weighted by atomic mass is 19.1. The van der Waals surface area contributed by atoms with Gasteiger partial charge in [-0.2, -0.15) is 0 Å². The van der Waals surface area contributed by atoms with Crippen LogP contribution in [0.2, 0.25) is 0 Å². The van der Waals surface area contributed by atoms with E-state index in [-0.39, 0.29) is 11.7 Å². The summed E-state index contributed by atoms with van der Waals surface area (Å²) in [5.74, 6) is 5.53. The van der Waals surface area contributed by atoms with Crippen molar-refractivity contribution in [3.05, 3.63) is 71.0 Å². The van der Waals surface area contributed by atoms with E-state index < -0.39 is 0 Å². The summed E-state index contributed by atoms with van der Waals surface area (Å²) in [6.07, 6.45) is 0. The van der Waals surface area contributed by atoms with E-state index in [1.54, 1.807) is 36.4 Å². The lowest BCUT2D eigenvalue weighted by atomic mass is 10.1. The zero-order valence-corrected chi connectivity index (χ0v) is 9.57. The Morgan fingerprint density at radius 1 is 1.00 bits per heavy atom. The maximum Gasteiger partial charge on any atom is 0.124 e. The van der Waals surface area contributed by atoms with Crippen molar-refractivity contribution in [2.45, 2.75) is 0 Å². The number of hydrogen-bond acceptors (Lipinski definition) is 1. The van der Waals surface area contributed by atoms with Crippen molar-refractivity contribution < 1.29 is 4.39 Å². The number of nitrogen functional groups attached to an aromatic ring is 1. The van der Waals surface area contributed by atoms with Gasteiger partial charge >= 0.3 is 0 Å². The molecule has 0 aromatic heterocycles. The van der Waals surface area contributed by atoms with E-state index in [9.17, 15) is 4.39 Å². The number of amidine groups is 1. The van der Waals surface area contributed by atoms with E-state index in [1.165, 1.54) is 12.1 Å². The number of rotatable bonds is 1. The van der Waals surface area contributed by atoms with Crippen molar-refractivity contribution in [1.82, 2.24) is 0 Å². The van der Waals surface area contributed by atoms with Crippen LogP contribution in [0.3, 0.4) is 0 Å². The van der Waals surface area contributed by atoms with Crippen molar-refractivity contribution in [1.29, 1.82) is 5.41 Å². The van der Waals surface area contributed by atoms with Crippen molar-refractivity contribution in [2.75, 3.05) is 0 Å². The Kier molecular flexibility index (Phi) is 3.40. The first-order chi connectivity index (χ1) is 8.65. The second-order valence-corrected chi connectivity index (χ2v) is 3.75. The second kappa shape index (κ2) is 5.15. The first-order valence-electron chi connectivity index (χ1n) is 5.37. The van der Waals surface area contributed by atoms with Gasteiger partial charge < -0.3 is 5.73 Å². The van der Waals surface area contributed by atoms with Gasteiger partial charge in [0.25, 0.3) is 0 Å². The van der Waals surface area contributed by atoms with E-state index in [4.69, 9.17) is 11.1 Å². The zero-order chi connectivity index (χ0) is 13.0. The summed E-state index contributed by atoms with van der Waals surface area (Å²) in [6.45, 7) is 0. The van der Waals surface area contributed by atoms with E-state index in [0.717, 1.165) is 5.56 Å². The molecule has 0 bridgehead atoms. The average Bonchev–Trinajstić information content (AvgIpc) is 2.37. The minimum atomic E-state index is -0.297. The molecule has 0 radical (unpaired) electrons. The van der Waals surface area contributed by atoms with E-state index in [2.05, 4.69) is 11.8 Å². The Morgan fingerprint density at radius 3 is 2.28 bits per heavy atom. The molecule has 0 spiro atoms. The van der Waals surface area contributed by atoms with Gasteiger partial charge in [-0.25, -0.2) is 4.39 Å². The van der Waals surface area contributed by atoms with Crippen LogP contribution in [0.15, 0.2) is 48.5 Å². The normalized spacial score (nSPS) is 9.39. The smallest absolute Gasteiger partial charge is 0.124 e. The third kappa shape index (κ3) is 2.96. The molecule has 0 atom stereocenters. The fraction of sp³-hybridized carbons (Fsp3) is 0. The topological polar surface area (TPSA) is 49.9 Å². The Bertz CT molecular complexity index is 634. The van der Waals surface area contributed by atoms with Crippen LogP contribution >= 0.6 is 0 Å². The molecule has 18 heavy (non-hydrogen) atoms. The number of nitrogens with one attached hydrogen (secondary N) is 1. The fourth-order valence-electron chi connectivity index (χ4n) is 1.44. The molecule has 0 aliphatic rings. The molecule has 0 amide bonds. The lowest BCUT2D eigenvalue weighted by Crippen LogP contribution is -2.10. The van der Waals surface area contributed by atoms with E-state index in [0.29, 0.717) is 11.1 Å². The maximum absolute atomic E-state index is 12.9. The molecule has 0 heterocycles. The summed E-state index contributed by atoms with van der Waals surface area (Å²) in [4.78, 5) is 0. The molecular weight excluding hydrogens is 227 g/mol. The van der Waals surface area contributed by atoms with Gasteiger partial charge in [0, 0.05) is 16.7 Å². The standard InChI is InChI=1S/C15H11FN2/c16-14-3-1-2-12(10-14)5-4-11-6-8-13(9-7-11)15(17)18/h1-3,6-10H,(H3,17,18). The summed E-state index contributed by atoms with van der Waals surface area (Å²) in [6, 6.07) is 13.2. The van der Waals surface area contributed by atoms with Crippen LogP contribution in [0.4, 0.5) is 4.39 Å². The van der Waals surface area contributed by atoms with Crippen molar-refractivity contribution in [3.8, 4) is 11.8 Å². The first kappa shape index (κ1) is 11.9. The van der Waals surface area contributed by atoms with Gasteiger partial charge in [0.15, 0.2) is 0 Å². The van der Waals surface area contributed by atoms with Gasteiger partial charge in [0.1, 0.15) is 11.7 Å². The summed E-state index contributed by atoms with van der Waals surface area (Å²) in [7, 11) is 0. The minimum absolute atomic E-state index is 0.0274. The van der Waals surface area contributed by atoms with Crippen LogP contribution < -0.4 is 5.73 Å². The van der Waals surface area contributed by atoms with Gasteiger partial charge in [-0.3, -0.25) is 5.41 Å². The largest absolute Gasteiger partial charge is 0.384 e. The molecule has 3 N–H and O–H groups in total. The molecule has 2 rings (SSSR count). The molecule has 2 aromatic rings. The van der Waals surface area contributed by atoms with Gasteiger partial charge in [-0.15, -0.1) is 0 Å². The lowest BCUT2D eigenvalue weighted by molar-refractivity contribution is 0.627. The molecular formula is C15H11FN2. The molecule has 0 aliphatic carbocycles. The molecule has 88 valence electrons. The van der Waals surface area contributed by atoms with E-state index in [1.807, 2.05) is 0 Å².